The minimum absolute atomic E-state index is 0.166. The van der Waals surface area contributed by atoms with E-state index in [9.17, 15) is 4.79 Å². The van der Waals surface area contributed by atoms with E-state index in [0.29, 0.717) is 5.92 Å². The lowest BCUT2D eigenvalue weighted by molar-refractivity contribution is -0.119. The van der Waals surface area contributed by atoms with E-state index in [-0.39, 0.29) is 11.7 Å². The van der Waals surface area contributed by atoms with Crippen LogP contribution in [0.5, 0.6) is 0 Å². The first kappa shape index (κ1) is 7.48. The summed E-state index contributed by atoms with van der Waals surface area (Å²) >= 11 is 0. The van der Waals surface area contributed by atoms with Gasteiger partial charge in [-0.15, -0.1) is 0 Å². The Morgan fingerprint density at radius 3 is 2.70 bits per heavy atom. The van der Waals surface area contributed by atoms with E-state index in [4.69, 9.17) is 0 Å². The van der Waals surface area contributed by atoms with Crippen molar-refractivity contribution in [2.24, 2.45) is 11.8 Å². The van der Waals surface area contributed by atoms with Gasteiger partial charge in [-0.2, -0.15) is 0 Å². The van der Waals surface area contributed by atoms with Crippen molar-refractivity contribution >= 4 is 5.78 Å². The van der Waals surface area contributed by atoms with Gasteiger partial charge < -0.3 is 5.32 Å². The third kappa shape index (κ3) is 1.27. The lowest BCUT2D eigenvalue weighted by Crippen LogP contribution is -2.47. The molecule has 2 nitrogen and oxygen atoms in total. The number of nitrogens with one attached hydrogen (secondary N) is 1. The molecule has 0 spiro atoms. The number of ketones is 1. The van der Waals surface area contributed by atoms with Gasteiger partial charge in [0, 0.05) is 5.92 Å². The van der Waals surface area contributed by atoms with E-state index >= 15 is 0 Å². The second-order valence-electron chi connectivity index (χ2n) is 2.81. The zero-order valence-corrected chi connectivity index (χ0v) is 6.26. The van der Waals surface area contributed by atoms with Crippen LogP contribution >= 0.6 is 0 Å². The Balaban J connectivity index is 2.38. The van der Waals surface area contributed by atoms with Crippen molar-refractivity contribution in [2.45, 2.75) is 6.92 Å². The number of allylic oxidation sites excluding steroid dienone is 1. The van der Waals surface area contributed by atoms with Gasteiger partial charge in [0.25, 0.3) is 0 Å². The van der Waals surface area contributed by atoms with E-state index in [1.54, 1.807) is 0 Å². The number of carbonyl (C=O) groups excluding carboxylic acids is 1. The highest BCUT2D eigenvalue weighted by Gasteiger charge is 2.26. The summed E-state index contributed by atoms with van der Waals surface area (Å²) in [6, 6.07) is 0. The van der Waals surface area contributed by atoms with Crippen molar-refractivity contribution in [2.75, 3.05) is 13.1 Å². The fourth-order valence-corrected chi connectivity index (χ4v) is 1.08. The average Bonchev–Trinajstić information content (AvgIpc) is 1.82. The minimum Gasteiger partial charge on any atom is -0.316 e. The molecule has 0 aromatic heterocycles. The quantitative estimate of drug-likeness (QED) is 0.580. The van der Waals surface area contributed by atoms with Gasteiger partial charge in [-0.25, -0.2) is 0 Å². The molecule has 1 N–H and O–H groups in total. The standard InChI is InChI=1S/C8H13NO/c1-3-8(10)6(2)7-4-9-5-7/h3,6-7,9H,1,4-5H2,2H3. The molecule has 0 bridgehead atoms. The maximum absolute atomic E-state index is 11.0. The molecule has 1 saturated heterocycles. The van der Waals surface area contributed by atoms with Gasteiger partial charge in [0.15, 0.2) is 5.78 Å². The van der Waals surface area contributed by atoms with Crippen LogP contribution in [-0.2, 0) is 4.79 Å². The smallest absolute Gasteiger partial charge is 0.158 e. The molecule has 1 rings (SSSR count). The summed E-state index contributed by atoms with van der Waals surface area (Å²) in [5.41, 5.74) is 0. The number of hydrogen-bond acceptors (Lipinski definition) is 2. The lowest BCUT2D eigenvalue weighted by Gasteiger charge is -2.31. The molecule has 1 atom stereocenters. The topological polar surface area (TPSA) is 29.1 Å². The molecule has 56 valence electrons. The molecule has 1 heterocycles. The first-order valence-electron chi connectivity index (χ1n) is 3.62. The summed E-state index contributed by atoms with van der Waals surface area (Å²) in [6.07, 6.45) is 1.42. The predicted octanol–water partition coefficient (Wildman–Crippen LogP) is 0.597. The van der Waals surface area contributed by atoms with E-state index in [1.165, 1.54) is 6.08 Å². The second-order valence-corrected chi connectivity index (χ2v) is 2.81. The Hall–Kier alpha value is -0.630. The van der Waals surface area contributed by atoms with Crippen LogP contribution in [0, 0.1) is 11.8 Å². The predicted molar refractivity (Wildman–Crippen MR) is 40.7 cm³/mol. The fourth-order valence-electron chi connectivity index (χ4n) is 1.08. The van der Waals surface area contributed by atoms with Crippen molar-refractivity contribution in [3.63, 3.8) is 0 Å². The van der Waals surface area contributed by atoms with Crippen LogP contribution in [0.1, 0.15) is 6.92 Å². The van der Waals surface area contributed by atoms with Crippen molar-refractivity contribution in [1.29, 1.82) is 0 Å². The van der Waals surface area contributed by atoms with Crippen LogP contribution in [0.25, 0.3) is 0 Å². The van der Waals surface area contributed by atoms with Crippen LogP contribution in [0.2, 0.25) is 0 Å². The molecule has 2 heteroatoms. The van der Waals surface area contributed by atoms with E-state index in [0.717, 1.165) is 13.1 Å². The van der Waals surface area contributed by atoms with Crippen molar-refractivity contribution in [1.82, 2.24) is 5.32 Å². The van der Waals surface area contributed by atoms with Gasteiger partial charge in [-0.1, -0.05) is 13.5 Å². The zero-order chi connectivity index (χ0) is 7.56. The van der Waals surface area contributed by atoms with E-state index in [2.05, 4.69) is 11.9 Å². The molecular weight excluding hydrogens is 126 g/mol. The zero-order valence-electron chi connectivity index (χ0n) is 6.26. The summed E-state index contributed by atoms with van der Waals surface area (Å²) in [4.78, 5) is 11.0. The fraction of sp³-hybridized carbons (Fsp3) is 0.625. The van der Waals surface area contributed by atoms with Gasteiger partial charge >= 0.3 is 0 Å². The number of rotatable bonds is 3. The Bertz CT molecular complexity index is 149. The summed E-state index contributed by atoms with van der Waals surface area (Å²) in [5, 5.41) is 3.13. The third-order valence-electron chi connectivity index (χ3n) is 2.17. The highest BCUT2D eigenvalue weighted by atomic mass is 16.1. The SMILES string of the molecule is C=CC(=O)C(C)C1CNC1. The maximum Gasteiger partial charge on any atom is 0.158 e. The van der Waals surface area contributed by atoms with Crippen LogP contribution in [-0.4, -0.2) is 18.9 Å². The van der Waals surface area contributed by atoms with Gasteiger partial charge in [0.2, 0.25) is 0 Å². The first-order chi connectivity index (χ1) is 4.75. The number of hydrogen-bond donors (Lipinski definition) is 1. The summed E-state index contributed by atoms with van der Waals surface area (Å²) in [7, 11) is 0. The Kier molecular flexibility index (Phi) is 2.22. The molecule has 0 aromatic rings. The molecule has 0 aromatic carbocycles. The van der Waals surface area contributed by atoms with Gasteiger partial charge in [-0.05, 0) is 25.1 Å². The molecule has 10 heavy (non-hydrogen) atoms. The molecule has 1 unspecified atom stereocenters. The molecule has 0 radical (unpaired) electrons. The average molecular weight is 139 g/mol. The Morgan fingerprint density at radius 1 is 1.80 bits per heavy atom. The molecular formula is C8H13NO. The normalized spacial score (nSPS) is 21.3. The highest BCUT2D eigenvalue weighted by molar-refractivity contribution is 5.91. The summed E-state index contributed by atoms with van der Waals surface area (Å²) in [5.74, 6) is 0.885. The van der Waals surface area contributed by atoms with Crippen molar-refractivity contribution < 1.29 is 4.79 Å². The second kappa shape index (κ2) is 2.97. The van der Waals surface area contributed by atoms with Crippen LogP contribution in [0.15, 0.2) is 12.7 Å². The van der Waals surface area contributed by atoms with Crippen LogP contribution in [0.3, 0.4) is 0 Å². The summed E-state index contributed by atoms with van der Waals surface area (Å²) in [6.45, 7) is 7.39. The van der Waals surface area contributed by atoms with E-state index < -0.39 is 0 Å². The largest absolute Gasteiger partial charge is 0.316 e. The monoisotopic (exact) mass is 139 g/mol. The molecule has 0 amide bonds. The maximum atomic E-state index is 11.0. The molecule has 1 fully saturated rings. The van der Waals surface area contributed by atoms with Gasteiger partial charge in [0.05, 0.1) is 0 Å². The lowest BCUT2D eigenvalue weighted by atomic mass is 9.86. The van der Waals surface area contributed by atoms with Crippen LogP contribution < -0.4 is 5.32 Å². The molecule has 1 aliphatic heterocycles. The minimum atomic E-state index is 0.166. The van der Waals surface area contributed by atoms with Gasteiger partial charge in [-0.3, -0.25) is 4.79 Å². The molecule has 0 saturated carbocycles. The van der Waals surface area contributed by atoms with Crippen molar-refractivity contribution in [3.05, 3.63) is 12.7 Å². The number of carbonyl (C=O) groups is 1. The van der Waals surface area contributed by atoms with Crippen molar-refractivity contribution in [3.8, 4) is 0 Å². The first-order valence-corrected chi connectivity index (χ1v) is 3.62. The molecule has 1 aliphatic rings. The van der Waals surface area contributed by atoms with Crippen LogP contribution in [0.4, 0.5) is 0 Å². The highest BCUT2D eigenvalue weighted by Crippen LogP contribution is 2.16. The van der Waals surface area contributed by atoms with Gasteiger partial charge in [0.1, 0.15) is 0 Å². The summed E-state index contributed by atoms with van der Waals surface area (Å²) < 4.78 is 0. The Labute approximate surface area is 61.3 Å². The van der Waals surface area contributed by atoms with E-state index in [1.807, 2.05) is 6.92 Å². The Morgan fingerprint density at radius 2 is 2.40 bits per heavy atom. The molecule has 0 aliphatic carbocycles. The third-order valence-corrected chi connectivity index (χ3v) is 2.17.